The Morgan fingerprint density at radius 2 is 1.79 bits per heavy atom. The van der Waals surface area contributed by atoms with Crippen LogP contribution < -0.4 is 5.48 Å². The first-order valence-electron chi connectivity index (χ1n) is 4.75. The maximum Gasteiger partial charge on any atom is 0.0248 e. The molecule has 0 aromatic heterocycles. The number of nitrogens with one attached hydrogen (secondary N) is 1. The van der Waals surface area contributed by atoms with E-state index in [0.717, 1.165) is 6.42 Å². The first-order valence-corrected chi connectivity index (χ1v) is 4.75. The number of hydrogen-bond acceptors (Lipinski definition) is 2. The van der Waals surface area contributed by atoms with Crippen molar-refractivity contribution in [3.8, 4) is 0 Å². The summed E-state index contributed by atoms with van der Waals surface area (Å²) in [5.41, 5.74) is 3.45. The minimum Gasteiger partial charge on any atom is -0.317 e. The predicted octanol–water partition coefficient (Wildman–Crippen LogP) is 2.36. The van der Waals surface area contributed by atoms with Gasteiger partial charge in [0.2, 0.25) is 0 Å². The van der Waals surface area contributed by atoms with Crippen molar-refractivity contribution >= 4 is 10.8 Å². The summed E-state index contributed by atoms with van der Waals surface area (Å²) in [5, 5.41) is 11.1. The summed E-state index contributed by atoms with van der Waals surface area (Å²) in [6, 6.07) is 14.5. The van der Waals surface area contributed by atoms with E-state index in [0.29, 0.717) is 6.54 Å². The Hall–Kier alpha value is -1.38. The molecule has 0 unspecified atom stereocenters. The van der Waals surface area contributed by atoms with Crippen LogP contribution in [0.2, 0.25) is 0 Å². The zero-order valence-electron chi connectivity index (χ0n) is 7.90. The lowest BCUT2D eigenvalue weighted by atomic mass is 10.0. The Kier molecular flexibility index (Phi) is 2.77. The third kappa shape index (κ3) is 1.76. The minimum absolute atomic E-state index is 0.591. The van der Waals surface area contributed by atoms with Gasteiger partial charge in [-0.2, -0.15) is 0 Å². The highest BCUT2D eigenvalue weighted by molar-refractivity contribution is 5.85. The molecule has 2 rings (SSSR count). The molecule has 2 nitrogen and oxygen atoms in total. The summed E-state index contributed by atoms with van der Waals surface area (Å²) in [4.78, 5) is 0. The molecule has 0 aliphatic heterocycles. The zero-order valence-corrected chi connectivity index (χ0v) is 7.90. The fourth-order valence-electron chi connectivity index (χ4n) is 1.70. The summed E-state index contributed by atoms with van der Waals surface area (Å²) in [6.07, 6.45) is 0.845. The van der Waals surface area contributed by atoms with Crippen molar-refractivity contribution in [2.45, 2.75) is 6.42 Å². The van der Waals surface area contributed by atoms with Gasteiger partial charge in [-0.25, -0.2) is 5.48 Å². The van der Waals surface area contributed by atoms with Gasteiger partial charge in [0.15, 0.2) is 0 Å². The molecule has 0 bridgehead atoms. The molecule has 0 saturated carbocycles. The van der Waals surface area contributed by atoms with Gasteiger partial charge in [0.1, 0.15) is 0 Å². The van der Waals surface area contributed by atoms with Gasteiger partial charge in [-0.3, -0.25) is 0 Å². The molecule has 2 heteroatoms. The van der Waals surface area contributed by atoms with E-state index in [4.69, 9.17) is 5.21 Å². The Balaban J connectivity index is 2.43. The van der Waals surface area contributed by atoms with Crippen LogP contribution in [0.15, 0.2) is 42.5 Å². The molecule has 0 atom stereocenters. The Morgan fingerprint density at radius 3 is 2.64 bits per heavy atom. The minimum atomic E-state index is 0.591. The molecule has 2 aromatic rings. The van der Waals surface area contributed by atoms with Crippen LogP contribution in [0.3, 0.4) is 0 Å². The van der Waals surface area contributed by atoms with Crippen LogP contribution in [0.1, 0.15) is 5.56 Å². The maximum absolute atomic E-state index is 8.55. The van der Waals surface area contributed by atoms with Crippen molar-refractivity contribution in [1.29, 1.82) is 0 Å². The van der Waals surface area contributed by atoms with Gasteiger partial charge in [0.25, 0.3) is 0 Å². The second-order valence-electron chi connectivity index (χ2n) is 3.30. The third-order valence-corrected chi connectivity index (χ3v) is 2.39. The second kappa shape index (κ2) is 4.22. The van der Waals surface area contributed by atoms with Crippen LogP contribution in [0.5, 0.6) is 0 Å². The first-order chi connectivity index (χ1) is 6.92. The molecule has 0 aliphatic rings. The highest BCUT2D eigenvalue weighted by Crippen LogP contribution is 2.18. The predicted molar refractivity (Wildman–Crippen MR) is 57.4 cm³/mol. The van der Waals surface area contributed by atoms with Gasteiger partial charge in [-0.05, 0) is 22.8 Å². The summed E-state index contributed by atoms with van der Waals surface area (Å²) in [7, 11) is 0. The molecule has 2 aromatic carbocycles. The van der Waals surface area contributed by atoms with E-state index in [1.807, 2.05) is 12.1 Å². The fraction of sp³-hybridized carbons (Fsp3) is 0.167. The van der Waals surface area contributed by atoms with Crippen molar-refractivity contribution in [2.24, 2.45) is 0 Å². The van der Waals surface area contributed by atoms with Crippen molar-refractivity contribution in [3.05, 3.63) is 48.0 Å². The van der Waals surface area contributed by atoms with Crippen LogP contribution in [-0.4, -0.2) is 11.8 Å². The average Bonchev–Trinajstić information content (AvgIpc) is 2.26. The lowest BCUT2D eigenvalue weighted by Gasteiger charge is -2.05. The maximum atomic E-state index is 8.55. The number of rotatable bonds is 3. The summed E-state index contributed by atoms with van der Waals surface area (Å²) < 4.78 is 0. The van der Waals surface area contributed by atoms with Crippen LogP contribution >= 0.6 is 0 Å². The van der Waals surface area contributed by atoms with Gasteiger partial charge in [-0.15, -0.1) is 0 Å². The SMILES string of the molecule is ONCCc1cccc2ccccc12. The number of hydrogen-bond donors (Lipinski definition) is 2. The van der Waals surface area contributed by atoms with Crippen molar-refractivity contribution in [3.63, 3.8) is 0 Å². The second-order valence-corrected chi connectivity index (χ2v) is 3.30. The molecule has 0 amide bonds. The van der Waals surface area contributed by atoms with Gasteiger partial charge >= 0.3 is 0 Å². The van der Waals surface area contributed by atoms with Crippen LogP contribution in [0.25, 0.3) is 10.8 Å². The Bertz CT molecular complexity index is 420. The Morgan fingerprint density at radius 1 is 1.00 bits per heavy atom. The number of benzene rings is 2. The smallest absolute Gasteiger partial charge is 0.0248 e. The van der Waals surface area contributed by atoms with Crippen LogP contribution in [0, 0.1) is 0 Å². The van der Waals surface area contributed by atoms with Crippen molar-refractivity contribution < 1.29 is 5.21 Å². The molecule has 72 valence electrons. The normalized spacial score (nSPS) is 10.6. The van der Waals surface area contributed by atoms with E-state index in [-0.39, 0.29) is 0 Å². The monoisotopic (exact) mass is 187 g/mol. The van der Waals surface area contributed by atoms with Gasteiger partial charge in [0, 0.05) is 6.54 Å². The van der Waals surface area contributed by atoms with E-state index in [1.54, 1.807) is 0 Å². The fourth-order valence-corrected chi connectivity index (χ4v) is 1.70. The lowest BCUT2D eigenvalue weighted by Crippen LogP contribution is -2.11. The Labute approximate surface area is 83.1 Å². The molecule has 0 saturated heterocycles. The van der Waals surface area contributed by atoms with Crippen molar-refractivity contribution in [2.75, 3.05) is 6.54 Å². The molecule has 2 N–H and O–H groups in total. The van der Waals surface area contributed by atoms with E-state index >= 15 is 0 Å². The molecule has 0 fully saturated rings. The zero-order chi connectivity index (χ0) is 9.80. The summed E-state index contributed by atoms with van der Waals surface area (Å²) >= 11 is 0. The van der Waals surface area contributed by atoms with Gasteiger partial charge < -0.3 is 5.21 Å². The molecule has 0 radical (unpaired) electrons. The largest absolute Gasteiger partial charge is 0.317 e. The standard InChI is InChI=1S/C12H13NO/c14-13-9-8-11-6-3-5-10-4-1-2-7-12(10)11/h1-7,13-14H,8-9H2. The lowest BCUT2D eigenvalue weighted by molar-refractivity contribution is 0.168. The van der Waals surface area contributed by atoms with Crippen LogP contribution in [-0.2, 0) is 6.42 Å². The molecule has 0 aliphatic carbocycles. The topological polar surface area (TPSA) is 32.3 Å². The average molecular weight is 187 g/mol. The number of fused-ring (bicyclic) bond motifs is 1. The van der Waals surface area contributed by atoms with E-state index < -0.39 is 0 Å². The summed E-state index contributed by atoms with van der Waals surface area (Å²) in [6.45, 7) is 0.591. The highest BCUT2D eigenvalue weighted by atomic mass is 16.5. The summed E-state index contributed by atoms with van der Waals surface area (Å²) in [5.74, 6) is 0. The highest BCUT2D eigenvalue weighted by Gasteiger charge is 1.98. The van der Waals surface area contributed by atoms with Crippen LogP contribution in [0.4, 0.5) is 0 Å². The molecular weight excluding hydrogens is 174 g/mol. The first kappa shape index (κ1) is 9.19. The van der Waals surface area contributed by atoms with E-state index in [9.17, 15) is 0 Å². The van der Waals surface area contributed by atoms with Gasteiger partial charge in [-0.1, -0.05) is 42.5 Å². The van der Waals surface area contributed by atoms with Gasteiger partial charge in [0.05, 0.1) is 0 Å². The quantitative estimate of drug-likeness (QED) is 0.723. The van der Waals surface area contributed by atoms with E-state index in [1.165, 1.54) is 16.3 Å². The molecule has 0 spiro atoms. The van der Waals surface area contributed by atoms with E-state index in [2.05, 4.69) is 35.8 Å². The third-order valence-electron chi connectivity index (χ3n) is 2.39. The van der Waals surface area contributed by atoms with Crippen molar-refractivity contribution in [1.82, 2.24) is 5.48 Å². The molecule has 14 heavy (non-hydrogen) atoms. The molecule has 0 heterocycles. The molecular formula is C12H13NO. The number of hydroxylamine groups is 1.